The zero-order chi connectivity index (χ0) is 25.8. The summed E-state index contributed by atoms with van der Waals surface area (Å²) in [7, 11) is 0. The second-order valence-electron chi connectivity index (χ2n) is 9.96. The molecular weight excluding hydrogens is 466 g/mol. The van der Waals surface area contributed by atoms with Crippen molar-refractivity contribution in [3.63, 3.8) is 0 Å². The number of fused-ring (bicyclic) bond motifs is 1. The van der Waals surface area contributed by atoms with Gasteiger partial charge in [0, 0.05) is 23.2 Å². The number of aromatic nitrogens is 5. The van der Waals surface area contributed by atoms with Crippen molar-refractivity contribution < 1.29 is 9.15 Å². The van der Waals surface area contributed by atoms with Crippen LogP contribution in [0, 0.1) is 6.92 Å². The summed E-state index contributed by atoms with van der Waals surface area (Å²) in [6.07, 6.45) is 2.38. The van der Waals surface area contributed by atoms with Gasteiger partial charge in [0.25, 0.3) is 0 Å². The molecule has 0 bridgehead atoms. The highest BCUT2D eigenvalue weighted by Crippen LogP contribution is 2.24. The lowest BCUT2D eigenvalue weighted by Crippen LogP contribution is -2.40. The summed E-state index contributed by atoms with van der Waals surface area (Å²) < 4.78 is 13.5. The van der Waals surface area contributed by atoms with Crippen LogP contribution in [0.2, 0.25) is 0 Å². The van der Waals surface area contributed by atoms with E-state index in [1.807, 2.05) is 61.7 Å². The minimum atomic E-state index is -0.174. The van der Waals surface area contributed by atoms with E-state index in [4.69, 9.17) is 19.1 Å². The number of aryl methyl sites for hydroxylation is 1. The Balaban J connectivity index is 1.39. The van der Waals surface area contributed by atoms with Crippen molar-refractivity contribution in [1.29, 1.82) is 0 Å². The number of furan rings is 1. The average molecular weight is 498 g/mol. The summed E-state index contributed by atoms with van der Waals surface area (Å²) in [5.41, 5.74) is 10.7. The molecule has 9 heteroatoms. The second kappa shape index (κ2) is 10.5. The third-order valence-electron chi connectivity index (χ3n) is 5.55. The molecule has 0 aliphatic carbocycles. The molecule has 0 aliphatic rings. The van der Waals surface area contributed by atoms with Gasteiger partial charge in [-0.1, -0.05) is 36.4 Å². The summed E-state index contributed by atoms with van der Waals surface area (Å²) in [4.78, 5) is 14.2. The van der Waals surface area contributed by atoms with Crippen LogP contribution in [0.4, 0.5) is 5.95 Å². The molecule has 0 aliphatic heterocycles. The van der Waals surface area contributed by atoms with Crippen LogP contribution in [-0.2, 0) is 24.4 Å². The fraction of sp³-hybridized carbons (Fsp3) is 0.286. The Hall–Kier alpha value is -4.08. The number of rotatable bonds is 9. The van der Waals surface area contributed by atoms with Crippen LogP contribution < -0.4 is 10.9 Å². The van der Waals surface area contributed by atoms with Gasteiger partial charge >= 0.3 is 0 Å². The van der Waals surface area contributed by atoms with Crippen molar-refractivity contribution in [1.82, 2.24) is 30.0 Å². The predicted molar refractivity (Wildman–Crippen MR) is 142 cm³/mol. The number of nitrogens with zero attached hydrogens (tertiary/aromatic N) is 5. The Kier molecular flexibility index (Phi) is 6.98. The normalized spacial score (nSPS) is 11.8. The lowest BCUT2D eigenvalue weighted by molar-refractivity contribution is 0.104. The number of nitrogens with one attached hydrogen (secondary N) is 2. The third kappa shape index (κ3) is 6.19. The van der Waals surface area contributed by atoms with Gasteiger partial charge in [0.15, 0.2) is 11.4 Å². The van der Waals surface area contributed by atoms with Crippen LogP contribution in [0.15, 0.2) is 71.3 Å². The summed E-state index contributed by atoms with van der Waals surface area (Å²) in [5.74, 6) is 2.42. The van der Waals surface area contributed by atoms with E-state index in [-0.39, 0.29) is 5.54 Å². The van der Waals surface area contributed by atoms with Gasteiger partial charge in [0.2, 0.25) is 11.8 Å². The molecule has 0 saturated carbocycles. The largest absolute Gasteiger partial charge is 0.458 e. The Morgan fingerprint density at radius 2 is 1.70 bits per heavy atom. The van der Waals surface area contributed by atoms with Crippen LogP contribution in [0.25, 0.3) is 17.2 Å². The molecule has 0 radical (unpaired) electrons. The summed E-state index contributed by atoms with van der Waals surface area (Å²) >= 11 is 0. The van der Waals surface area contributed by atoms with Gasteiger partial charge in [-0.05, 0) is 57.5 Å². The number of hydrogen-bond donors (Lipinski definition) is 2. The van der Waals surface area contributed by atoms with Crippen molar-refractivity contribution in [2.75, 3.05) is 5.43 Å². The van der Waals surface area contributed by atoms with E-state index in [1.165, 1.54) is 0 Å². The third-order valence-corrected chi connectivity index (χ3v) is 5.55. The number of benzene rings is 1. The van der Waals surface area contributed by atoms with E-state index in [2.05, 4.69) is 53.8 Å². The van der Waals surface area contributed by atoms with E-state index < -0.39 is 0 Å². The first-order valence-corrected chi connectivity index (χ1v) is 12.3. The van der Waals surface area contributed by atoms with Crippen LogP contribution in [0.1, 0.15) is 49.0 Å². The number of pyridine rings is 1. The highest BCUT2D eigenvalue weighted by molar-refractivity contribution is 5.59. The smallest absolute Gasteiger partial charge is 0.241 e. The zero-order valence-corrected chi connectivity index (χ0v) is 21.5. The van der Waals surface area contributed by atoms with Gasteiger partial charge in [-0.25, -0.2) is 5.43 Å². The molecule has 0 atom stereocenters. The van der Waals surface area contributed by atoms with Gasteiger partial charge in [0.05, 0.1) is 25.1 Å². The molecular formula is C28H31N7O2. The topological polar surface area (TPSA) is 102 Å². The monoisotopic (exact) mass is 497 g/mol. The Morgan fingerprint density at radius 3 is 2.46 bits per heavy atom. The first-order valence-electron chi connectivity index (χ1n) is 12.3. The predicted octanol–water partition coefficient (Wildman–Crippen LogP) is 5.11. The first-order chi connectivity index (χ1) is 17.8. The molecule has 37 heavy (non-hydrogen) atoms. The molecule has 0 spiro atoms. The van der Waals surface area contributed by atoms with Gasteiger partial charge in [-0.15, -0.1) is 0 Å². The Morgan fingerprint density at radius 1 is 0.892 bits per heavy atom. The highest BCUT2D eigenvalue weighted by Gasteiger charge is 2.18. The second-order valence-corrected chi connectivity index (χ2v) is 9.96. The highest BCUT2D eigenvalue weighted by atomic mass is 16.5. The van der Waals surface area contributed by atoms with Crippen LogP contribution >= 0.6 is 0 Å². The number of hydrogen-bond acceptors (Lipinski definition) is 8. The molecule has 4 aromatic heterocycles. The van der Waals surface area contributed by atoms with E-state index >= 15 is 0 Å². The number of ether oxygens (including phenoxy) is 1. The van der Waals surface area contributed by atoms with Crippen molar-refractivity contribution in [3.8, 4) is 11.6 Å². The maximum Gasteiger partial charge on any atom is 0.241 e. The van der Waals surface area contributed by atoms with Gasteiger partial charge < -0.3 is 9.15 Å². The van der Waals surface area contributed by atoms with Crippen LogP contribution in [0.5, 0.6) is 0 Å². The first kappa shape index (κ1) is 24.6. The van der Waals surface area contributed by atoms with Crippen molar-refractivity contribution in [2.45, 2.75) is 52.9 Å². The summed E-state index contributed by atoms with van der Waals surface area (Å²) in [6, 6.07) is 19.9. The quantitative estimate of drug-likeness (QED) is 0.271. The van der Waals surface area contributed by atoms with Crippen LogP contribution in [-0.4, -0.2) is 30.1 Å². The summed E-state index contributed by atoms with van der Waals surface area (Å²) in [6.45, 7) is 9.06. The van der Waals surface area contributed by atoms with Gasteiger partial charge in [-0.3, -0.25) is 10.4 Å². The Labute approximate surface area is 215 Å². The molecule has 5 rings (SSSR count). The van der Waals surface area contributed by atoms with E-state index in [9.17, 15) is 0 Å². The molecule has 0 unspecified atom stereocenters. The molecule has 9 nitrogen and oxygen atoms in total. The zero-order valence-electron chi connectivity index (χ0n) is 21.5. The lowest BCUT2D eigenvalue weighted by atomic mass is 10.1. The van der Waals surface area contributed by atoms with Crippen molar-refractivity contribution in [2.24, 2.45) is 0 Å². The fourth-order valence-corrected chi connectivity index (χ4v) is 3.81. The molecule has 1 aromatic carbocycles. The van der Waals surface area contributed by atoms with E-state index in [0.29, 0.717) is 42.8 Å². The van der Waals surface area contributed by atoms with E-state index in [0.717, 1.165) is 28.3 Å². The van der Waals surface area contributed by atoms with Gasteiger partial charge in [0.1, 0.15) is 5.76 Å². The SMILES string of the molecule is Cc1ccc(-c2nc(NNC(C)(C)C)nc3c(Cc4cccc(COCc5ccccc5)n4)cnn23)o1. The van der Waals surface area contributed by atoms with Crippen LogP contribution in [0.3, 0.4) is 0 Å². The molecule has 0 saturated heterocycles. The minimum Gasteiger partial charge on any atom is -0.458 e. The van der Waals surface area contributed by atoms with Crippen molar-refractivity contribution in [3.05, 3.63) is 95.1 Å². The maximum absolute atomic E-state index is 5.88. The van der Waals surface area contributed by atoms with E-state index in [1.54, 1.807) is 4.52 Å². The number of anilines is 1. The number of hydrazine groups is 1. The fourth-order valence-electron chi connectivity index (χ4n) is 3.81. The molecule has 190 valence electrons. The molecule has 4 heterocycles. The van der Waals surface area contributed by atoms with Crippen molar-refractivity contribution >= 4 is 11.6 Å². The lowest BCUT2D eigenvalue weighted by Gasteiger charge is -2.21. The minimum absolute atomic E-state index is 0.174. The van der Waals surface area contributed by atoms with Gasteiger partial charge in [-0.2, -0.15) is 19.6 Å². The average Bonchev–Trinajstić information content (AvgIpc) is 3.49. The Bertz CT molecular complexity index is 1490. The molecule has 0 amide bonds. The molecule has 2 N–H and O–H groups in total. The summed E-state index contributed by atoms with van der Waals surface area (Å²) in [5, 5.41) is 4.59. The molecule has 0 fully saturated rings. The standard InChI is InChI=1S/C28H31N7O2/c1-19-13-14-24(37-19)26-32-27(33-34-28(2,3)4)31-25-21(16-29-35(25)26)15-22-11-8-12-23(30-22)18-36-17-20-9-6-5-7-10-20/h5-14,16,34H,15,17-18H2,1-4H3,(H,31,33). The maximum atomic E-state index is 5.88. The molecule has 5 aromatic rings.